The van der Waals surface area contributed by atoms with E-state index in [1.54, 1.807) is 22.9 Å². The van der Waals surface area contributed by atoms with Crippen LogP contribution in [0.2, 0.25) is 0 Å². The van der Waals surface area contributed by atoms with E-state index < -0.39 is 0 Å². The van der Waals surface area contributed by atoms with Crippen molar-refractivity contribution in [2.24, 2.45) is 0 Å². The standard InChI is InChI=1S/C18H16N6O/c1-11-12(2)23-24(13(11)3)18-20-9-16(10-21-18)22-17(25)15-6-4-5-14(7-15)8-19/h4-7,9-10H,1-3H3,(H,22,25). The summed E-state index contributed by atoms with van der Waals surface area (Å²) >= 11 is 0. The van der Waals surface area contributed by atoms with Gasteiger partial charge in [0.15, 0.2) is 0 Å². The quantitative estimate of drug-likeness (QED) is 0.795. The third kappa shape index (κ3) is 3.23. The van der Waals surface area contributed by atoms with Crippen molar-refractivity contribution in [3.63, 3.8) is 0 Å². The Morgan fingerprint density at radius 3 is 2.52 bits per heavy atom. The van der Waals surface area contributed by atoms with Crippen LogP contribution in [-0.2, 0) is 0 Å². The summed E-state index contributed by atoms with van der Waals surface area (Å²) in [7, 11) is 0. The molecule has 0 saturated heterocycles. The van der Waals surface area contributed by atoms with Crippen molar-refractivity contribution in [2.75, 3.05) is 5.32 Å². The Labute approximate surface area is 145 Å². The lowest BCUT2D eigenvalue weighted by atomic mass is 10.1. The van der Waals surface area contributed by atoms with Gasteiger partial charge in [-0.3, -0.25) is 4.79 Å². The fourth-order valence-electron chi connectivity index (χ4n) is 2.34. The molecule has 0 atom stereocenters. The molecule has 2 aromatic heterocycles. The van der Waals surface area contributed by atoms with Gasteiger partial charge in [-0.2, -0.15) is 10.4 Å². The van der Waals surface area contributed by atoms with Crippen LogP contribution >= 0.6 is 0 Å². The summed E-state index contributed by atoms with van der Waals surface area (Å²) in [6.07, 6.45) is 3.06. The highest BCUT2D eigenvalue weighted by atomic mass is 16.1. The van der Waals surface area contributed by atoms with Crippen LogP contribution in [0.4, 0.5) is 5.69 Å². The van der Waals surface area contributed by atoms with Crippen LogP contribution in [0, 0.1) is 32.1 Å². The third-order valence-electron chi connectivity index (χ3n) is 3.99. The average molecular weight is 332 g/mol. The molecule has 1 N–H and O–H groups in total. The van der Waals surface area contributed by atoms with Crippen molar-refractivity contribution in [1.29, 1.82) is 5.26 Å². The molecule has 0 saturated carbocycles. The summed E-state index contributed by atoms with van der Waals surface area (Å²) < 4.78 is 1.67. The number of nitriles is 1. The number of nitrogens with zero attached hydrogens (tertiary/aromatic N) is 5. The summed E-state index contributed by atoms with van der Waals surface area (Å²) in [6.45, 7) is 5.89. The van der Waals surface area contributed by atoms with E-state index >= 15 is 0 Å². The maximum absolute atomic E-state index is 12.2. The zero-order chi connectivity index (χ0) is 18.0. The predicted molar refractivity (Wildman–Crippen MR) is 92.5 cm³/mol. The number of anilines is 1. The molecule has 1 aromatic carbocycles. The van der Waals surface area contributed by atoms with Gasteiger partial charge in [0.1, 0.15) is 0 Å². The molecule has 0 radical (unpaired) electrons. The zero-order valence-corrected chi connectivity index (χ0v) is 14.1. The highest BCUT2D eigenvalue weighted by Crippen LogP contribution is 2.15. The van der Waals surface area contributed by atoms with Gasteiger partial charge in [0.05, 0.1) is 35.4 Å². The molecule has 2 heterocycles. The molecule has 25 heavy (non-hydrogen) atoms. The van der Waals surface area contributed by atoms with Gasteiger partial charge < -0.3 is 5.32 Å². The minimum atomic E-state index is -0.324. The van der Waals surface area contributed by atoms with Gasteiger partial charge in [-0.15, -0.1) is 0 Å². The minimum absolute atomic E-state index is 0.324. The predicted octanol–water partition coefficient (Wildman–Crippen LogP) is 2.71. The van der Waals surface area contributed by atoms with Gasteiger partial charge >= 0.3 is 0 Å². The van der Waals surface area contributed by atoms with E-state index in [0.29, 0.717) is 22.8 Å². The first-order valence-corrected chi connectivity index (χ1v) is 7.66. The molecule has 1 amide bonds. The Balaban J connectivity index is 1.79. The van der Waals surface area contributed by atoms with Crippen LogP contribution in [-0.4, -0.2) is 25.7 Å². The van der Waals surface area contributed by atoms with Gasteiger partial charge in [-0.25, -0.2) is 14.6 Å². The second-order valence-electron chi connectivity index (χ2n) is 5.63. The monoisotopic (exact) mass is 332 g/mol. The van der Waals surface area contributed by atoms with Gasteiger partial charge in [-0.05, 0) is 44.5 Å². The first-order valence-electron chi connectivity index (χ1n) is 7.66. The molecule has 0 aliphatic carbocycles. The summed E-state index contributed by atoms with van der Waals surface area (Å²) in [5.74, 6) is 0.119. The van der Waals surface area contributed by atoms with E-state index in [4.69, 9.17) is 5.26 Å². The summed E-state index contributed by atoms with van der Waals surface area (Å²) in [4.78, 5) is 20.8. The number of hydrogen-bond acceptors (Lipinski definition) is 5. The van der Waals surface area contributed by atoms with Crippen LogP contribution in [0.1, 0.15) is 32.9 Å². The molecule has 0 fully saturated rings. The Morgan fingerprint density at radius 1 is 1.20 bits per heavy atom. The number of nitrogens with one attached hydrogen (secondary N) is 1. The van der Waals surface area contributed by atoms with Crippen LogP contribution in [0.15, 0.2) is 36.7 Å². The number of rotatable bonds is 3. The normalized spacial score (nSPS) is 10.3. The Morgan fingerprint density at radius 2 is 1.92 bits per heavy atom. The van der Waals surface area contributed by atoms with Gasteiger partial charge in [0.2, 0.25) is 0 Å². The molecule has 0 spiro atoms. The lowest BCUT2D eigenvalue weighted by Gasteiger charge is -2.06. The molecular weight excluding hydrogens is 316 g/mol. The van der Waals surface area contributed by atoms with Crippen molar-refractivity contribution >= 4 is 11.6 Å². The van der Waals surface area contributed by atoms with Crippen LogP contribution < -0.4 is 5.32 Å². The number of carbonyl (C=O) groups excluding carboxylic acids is 1. The molecule has 0 bridgehead atoms. The summed E-state index contributed by atoms with van der Waals surface area (Å²) in [5.41, 5.74) is 4.29. The van der Waals surface area contributed by atoms with Crippen LogP contribution in [0.3, 0.4) is 0 Å². The molecular formula is C18H16N6O. The second kappa shape index (κ2) is 6.53. The Bertz CT molecular complexity index is 982. The second-order valence-corrected chi connectivity index (χ2v) is 5.63. The lowest BCUT2D eigenvalue weighted by molar-refractivity contribution is 0.102. The average Bonchev–Trinajstić information content (AvgIpc) is 2.90. The minimum Gasteiger partial charge on any atom is -0.319 e. The number of aryl methyl sites for hydroxylation is 1. The van der Waals surface area contributed by atoms with Crippen molar-refractivity contribution in [3.8, 4) is 12.0 Å². The van der Waals surface area contributed by atoms with E-state index in [-0.39, 0.29) is 5.91 Å². The molecule has 7 heteroatoms. The van der Waals surface area contributed by atoms with E-state index in [1.165, 1.54) is 18.5 Å². The molecule has 3 aromatic rings. The van der Waals surface area contributed by atoms with Gasteiger partial charge in [0.25, 0.3) is 11.9 Å². The number of aromatic nitrogens is 4. The van der Waals surface area contributed by atoms with Crippen molar-refractivity contribution < 1.29 is 4.79 Å². The van der Waals surface area contributed by atoms with E-state index in [2.05, 4.69) is 20.4 Å². The van der Waals surface area contributed by atoms with Crippen molar-refractivity contribution in [2.45, 2.75) is 20.8 Å². The van der Waals surface area contributed by atoms with Crippen molar-refractivity contribution in [1.82, 2.24) is 19.7 Å². The summed E-state index contributed by atoms with van der Waals surface area (Å²) in [5, 5.41) is 16.0. The first kappa shape index (κ1) is 16.3. The Hall–Kier alpha value is -3.53. The van der Waals surface area contributed by atoms with Crippen LogP contribution in [0.5, 0.6) is 0 Å². The first-order chi connectivity index (χ1) is 12.0. The van der Waals surface area contributed by atoms with E-state index in [1.807, 2.05) is 26.8 Å². The number of benzene rings is 1. The van der Waals surface area contributed by atoms with Gasteiger partial charge in [0, 0.05) is 11.3 Å². The fourth-order valence-corrected chi connectivity index (χ4v) is 2.34. The maximum Gasteiger partial charge on any atom is 0.255 e. The number of carbonyl (C=O) groups is 1. The smallest absolute Gasteiger partial charge is 0.255 e. The Kier molecular flexibility index (Phi) is 4.27. The molecule has 3 rings (SSSR count). The fraction of sp³-hybridized carbons (Fsp3) is 0.167. The van der Waals surface area contributed by atoms with E-state index in [0.717, 1.165) is 17.0 Å². The topological polar surface area (TPSA) is 96.5 Å². The number of hydrogen-bond donors (Lipinski definition) is 1. The zero-order valence-electron chi connectivity index (χ0n) is 14.1. The maximum atomic E-state index is 12.2. The number of amides is 1. The highest BCUT2D eigenvalue weighted by Gasteiger charge is 2.12. The largest absolute Gasteiger partial charge is 0.319 e. The van der Waals surface area contributed by atoms with Crippen molar-refractivity contribution in [3.05, 3.63) is 64.7 Å². The molecule has 0 aliphatic heterocycles. The molecule has 0 aliphatic rings. The van der Waals surface area contributed by atoms with Crippen LogP contribution in [0.25, 0.3) is 5.95 Å². The highest BCUT2D eigenvalue weighted by molar-refractivity contribution is 6.04. The third-order valence-corrected chi connectivity index (χ3v) is 3.99. The van der Waals surface area contributed by atoms with E-state index in [9.17, 15) is 4.79 Å². The lowest BCUT2D eigenvalue weighted by Crippen LogP contribution is -2.13. The van der Waals surface area contributed by atoms with Gasteiger partial charge in [-0.1, -0.05) is 6.07 Å². The molecule has 124 valence electrons. The molecule has 7 nitrogen and oxygen atoms in total. The summed E-state index contributed by atoms with van der Waals surface area (Å²) in [6, 6.07) is 8.49. The molecule has 0 unspecified atom stereocenters. The SMILES string of the molecule is Cc1nn(-c2ncc(NC(=O)c3cccc(C#N)c3)cn2)c(C)c1C.